The van der Waals surface area contributed by atoms with Gasteiger partial charge in [0.1, 0.15) is 11.6 Å². The number of hydrogen-bond donors (Lipinski definition) is 1. The van der Waals surface area contributed by atoms with Crippen molar-refractivity contribution in [3.63, 3.8) is 0 Å². The Morgan fingerprint density at radius 1 is 0.821 bits per heavy atom. The molecule has 1 N–H and O–H groups in total. The van der Waals surface area contributed by atoms with E-state index in [0.29, 0.717) is 11.3 Å². The van der Waals surface area contributed by atoms with Gasteiger partial charge in [-0.3, -0.25) is 14.8 Å². The molecule has 1 fully saturated rings. The summed E-state index contributed by atoms with van der Waals surface area (Å²) in [4.78, 5) is 30.7. The van der Waals surface area contributed by atoms with Crippen LogP contribution in [0.4, 0.5) is 21.6 Å². The number of benzene rings is 3. The number of halogens is 1. The highest BCUT2D eigenvalue weighted by molar-refractivity contribution is 5.92. The monoisotopic (exact) mass is 518 g/mol. The zero-order valence-electron chi connectivity index (χ0n) is 21.3. The van der Waals surface area contributed by atoms with Gasteiger partial charge in [-0.15, -0.1) is 0 Å². The molecule has 0 bridgehead atoms. The van der Waals surface area contributed by atoms with Crippen molar-refractivity contribution in [1.82, 2.24) is 15.0 Å². The molecule has 2 aromatic heterocycles. The molecule has 6 rings (SSSR count). The first-order chi connectivity index (χ1) is 19.1. The van der Waals surface area contributed by atoms with E-state index >= 15 is 0 Å². The summed E-state index contributed by atoms with van der Waals surface area (Å²) < 4.78 is 13.9. The lowest BCUT2D eigenvalue weighted by molar-refractivity contribution is -0.115. The summed E-state index contributed by atoms with van der Waals surface area (Å²) in [5.41, 5.74) is 5.92. The molecule has 1 amide bonds. The summed E-state index contributed by atoms with van der Waals surface area (Å²) in [7, 11) is 0. The summed E-state index contributed by atoms with van der Waals surface area (Å²) in [6.07, 6.45) is 5.49. The maximum absolute atomic E-state index is 13.9. The maximum atomic E-state index is 13.9. The molecule has 0 aliphatic carbocycles. The molecule has 1 aliphatic heterocycles. The topological polar surface area (TPSA) is 74.2 Å². The molecule has 0 radical (unpaired) electrons. The highest BCUT2D eigenvalue weighted by Gasteiger charge is 2.19. The Morgan fingerprint density at radius 2 is 1.54 bits per heavy atom. The van der Waals surface area contributed by atoms with Gasteiger partial charge in [-0.25, -0.2) is 9.37 Å². The maximum Gasteiger partial charge on any atom is 0.228 e. The molecule has 5 aromatic rings. The number of carbonyl (C=O) groups is 1. The highest BCUT2D eigenvalue weighted by atomic mass is 19.1. The van der Waals surface area contributed by atoms with E-state index in [1.807, 2.05) is 73.2 Å². The lowest BCUT2D eigenvalue weighted by Crippen LogP contribution is -2.46. The fraction of sp³-hybridized carbons (Fsp3) is 0.161. The number of hydrogen-bond acceptors (Lipinski definition) is 6. The summed E-state index contributed by atoms with van der Waals surface area (Å²) in [6, 6.07) is 24.1. The summed E-state index contributed by atoms with van der Waals surface area (Å²) in [5, 5.41) is 2.84. The predicted molar refractivity (Wildman–Crippen MR) is 152 cm³/mol. The molecular weight excluding hydrogens is 491 g/mol. The molecule has 3 heterocycles. The van der Waals surface area contributed by atoms with Crippen LogP contribution in [-0.4, -0.2) is 47.0 Å². The fourth-order valence-corrected chi connectivity index (χ4v) is 4.85. The minimum atomic E-state index is -0.377. The van der Waals surface area contributed by atoms with Gasteiger partial charge in [0.05, 0.1) is 23.7 Å². The van der Waals surface area contributed by atoms with Crippen LogP contribution in [0.3, 0.4) is 0 Å². The van der Waals surface area contributed by atoms with E-state index in [1.54, 1.807) is 18.2 Å². The Balaban J connectivity index is 1.13. The number of carbonyl (C=O) groups excluding carboxylic acids is 1. The minimum absolute atomic E-state index is 0.0150. The van der Waals surface area contributed by atoms with Gasteiger partial charge >= 0.3 is 0 Å². The molecule has 1 saturated heterocycles. The van der Waals surface area contributed by atoms with Crippen LogP contribution < -0.4 is 15.1 Å². The third-order valence-electron chi connectivity index (χ3n) is 6.97. The van der Waals surface area contributed by atoms with Gasteiger partial charge in [-0.1, -0.05) is 36.4 Å². The van der Waals surface area contributed by atoms with Crippen molar-refractivity contribution in [2.45, 2.75) is 6.42 Å². The van der Waals surface area contributed by atoms with Crippen LogP contribution in [0.15, 0.2) is 97.5 Å². The molecular formula is C31H27FN6O. The number of amides is 1. The Morgan fingerprint density at radius 3 is 2.31 bits per heavy atom. The van der Waals surface area contributed by atoms with Crippen LogP contribution in [0.1, 0.15) is 5.56 Å². The zero-order valence-corrected chi connectivity index (χ0v) is 21.3. The summed E-state index contributed by atoms with van der Waals surface area (Å²) >= 11 is 0. The molecule has 1 aliphatic rings. The van der Waals surface area contributed by atoms with Crippen LogP contribution in [-0.2, 0) is 11.2 Å². The number of aromatic nitrogens is 3. The van der Waals surface area contributed by atoms with Gasteiger partial charge in [0.25, 0.3) is 0 Å². The SMILES string of the molecule is O=C(Cc1ccccc1F)Nc1ccc(-c2ccc3ncc(N4CCN(c5ccncc5)CC4)nc3c2)cc1. The summed E-state index contributed by atoms with van der Waals surface area (Å²) in [5.74, 6) is 0.239. The molecule has 194 valence electrons. The van der Waals surface area contributed by atoms with Crippen molar-refractivity contribution >= 4 is 34.1 Å². The highest BCUT2D eigenvalue weighted by Crippen LogP contribution is 2.26. The standard InChI is InChI=1S/C31H27FN6O/c32-27-4-2-1-3-24(27)20-31(39)35-25-8-5-22(6-9-25)23-7-10-28-29(19-23)36-30(21-34-28)38-17-15-37(16-18-38)26-11-13-33-14-12-26/h1-14,19,21H,15-18,20H2,(H,35,39). The van der Waals surface area contributed by atoms with E-state index in [4.69, 9.17) is 4.98 Å². The molecule has 0 saturated carbocycles. The van der Waals surface area contributed by atoms with Crippen molar-refractivity contribution in [2.24, 2.45) is 0 Å². The number of piperazine rings is 1. The average Bonchev–Trinajstić information content (AvgIpc) is 2.99. The summed E-state index contributed by atoms with van der Waals surface area (Å²) in [6.45, 7) is 3.55. The number of anilines is 3. The molecule has 7 nitrogen and oxygen atoms in total. The first-order valence-corrected chi connectivity index (χ1v) is 12.9. The van der Waals surface area contributed by atoms with Gasteiger partial charge in [0.2, 0.25) is 5.91 Å². The van der Waals surface area contributed by atoms with Gasteiger partial charge in [0.15, 0.2) is 0 Å². The average molecular weight is 519 g/mol. The smallest absolute Gasteiger partial charge is 0.228 e. The van der Waals surface area contributed by atoms with Gasteiger partial charge < -0.3 is 15.1 Å². The third-order valence-corrected chi connectivity index (χ3v) is 6.97. The van der Waals surface area contributed by atoms with Crippen LogP contribution in [0.25, 0.3) is 22.2 Å². The van der Waals surface area contributed by atoms with Gasteiger partial charge in [-0.05, 0) is 59.2 Å². The molecule has 8 heteroatoms. The largest absolute Gasteiger partial charge is 0.368 e. The fourth-order valence-electron chi connectivity index (χ4n) is 4.85. The van der Waals surface area contributed by atoms with E-state index in [0.717, 1.165) is 54.2 Å². The Labute approximate surface area is 226 Å². The molecule has 0 unspecified atom stereocenters. The van der Waals surface area contributed by atoms with Crippen LogP contribution in [0.5, 0.6) is 0 Å². The van der Waals surface area contributed by atoms with Crippen molar-refractivity contribution in [2.75, 3.05) is 41.3 Å². The van der Waals surface area contributed by atoms with Crippen LogP contribution in [0, 0.1) is 5.82 Å². The first-order valence-electron chi connectivity index (χ1n) is 12.9. The Hall–Kier alpha value is -4.85. The number of rotatable bonds is 6. The second kappa shape index (κ2) is 10.9. The van der Waals surface area contributed by atoms with Crippen molar-refractivity contribution in [3.8, 4) is 11.1 Å². The van der Waals surface area contributed by atoms with E-state index in [2.05, 4.69) is 25.1 Å². The molecule has 0 spiro atoms. The normalized spacial score (nSPS) is 13.5. The molecule has 0 atom stereocenters. The zero-order chi connectivity index (χ0) is 26.6. The number of nitrogens with zero attached hydrogens (tertiary/aromatic N) is 5. The van der Waals surface area contributed by atoms with Gasteiger partial charge in [0, 0.05) is 49.9 Å². The molecule has 3 aromatic carbocycles. The van der Waals surface area contributed by atoms with Crippen LogP contribution >= 0.6 is 0 Å². The Kier molecular flexibility index (Phi) is 6.82. The number of pyridine rings is 1. The lowest BCUT2D eigenvalue weighted by atomic mass is 10.0. The second-order valence-electron chi connectivity index (χ2n) is 9.50. The molecule has 39 heavy (non-hydrogen) atoms. The predicted octanol–water partition coefficient (Wildman–Crippen LogP) is 5.34. The van der Waals surface area contributed by atoms with E-state index in [-0.39, 0.29) is 18.1 Å². The Bertz CT molecular complexity index is 1600. The second-order valence-corrected chi connectivity index (χ2v) is 9.50. The van der Waals surface area contributed by atoms with Crippen molar-refractivity contribution in [1.29, 1.82) is 0 Å². The minimum Gasteiger partial charge on any atom is -0.368 e. The quantitative estimate of drug-likeness (QED) is 0.327. The lowest BCUT2D eigenvalue weighted by Gasteiger charge is -2.36. The van der Waals surface area contributed by atoms with E-state index < -0.39 is 0 Å². The third kappa shape index (κ3) is 5.55. The van der Waals surface area contributed by atoms with Gasteiger partial charge in [-0.2, -0.15) is 0 Å². The number of nitrogens with one attached hydrogen (secondary N) is 1. The van der Waals surface area contributed by atoms with Crippen molar-refractivity contribution < 1.29 is 9.18 Å². The van der Waals surface area contributed by atoms with Crippen molar-refractivity contribution in [3.05, 3.63) is 109 Å². The van der Waals surface area contributed by atoms with Crippen LogP contribution in [0.2, 0.25) is 0 Å². The first kappa shape index (κ1) is 24.5. The number of fused-ring (bicyclic) bond motifs is 1. The van der Waals surface area contributed by atoms with E-state index in [9.17, 15) is 9.18 Å². The van der Waals surface area contributed by atoms with E-state index in [1.165, 1.54) is 11.8 Å².